The van der Waals surface area contributed by atoms with Gasteiger partial charge in [0.25, 0.3) is 0 Å². The molecule has 8 atom stereocenters. The van der Waals surface area contributed by atoms with Crippen molar-refractivity contribution in [2.75, 3.05) is 0 Å². The molecule has 4 aliphatic rings. The van der Waals surface area contributed by atoms with Crippen LogP contribution in [0.4, 0.5) is 0 Å². The van der Waals surface area contributed by atoms with Crippen molar-refractivity contribution in [3.05, 3.63) is 11.8 Å². The molecular formula is C21H32O3. The first-order valence-electron chi connectivity index (χ1n) is 9.85. The molecule has 0 amide bonds. The minimum Gasteiger partial charge on any atom is -0.515 e. The third-order valence-corrected chi connectivity index (χ3v) is 9.07. The van der Waals surface area contributed by atoms with Gasteiger partial charge in [-0.25, -0.2) is 0 Å². The van der Waals surface area contributed by atoms with Crippen molar-refractivity contribution in [3.63, 3.8) is 0 Å². The zero-order valence-corrected chi connectivity index (χ0v) is 15.3. The van der Waals surface area contributed by atoms with Gasteiger partial charge in [-0.3, -0.25) is 4.79 Å². The van der Waals surface area contributed by atoms with Gasteiger partial charge in [0.05, 0.1) is 12.4 Å². The Hall–Kier alpha value is -0.830. The molecule has 134 valence electrons. The van der Waals surface area contributed by atoms with Crippen molar-refractivity contribution in [3.8, 4) is 0 Å². The van der Waals surface area contributed by atoms with Gasteiger partial charge in [0.2, 0.25) is 0 Å². The van der Waals surface area contributed by atoms with Crippen molar-refractivity contribution in [2.45, 2.75) is 71.8 Å². The van der Waals surface area contributed by atoms with E-state index in [2.05, 4.69) is 20.8 Å². The van der Waals surface area contributed by atoms with Crippen LogP contribution in [0.25, 0.3) is 0 Å². The molecular weight excluding hydrogens is 300 g/mol. The Bertz CT molecular complexity index is 582. The first kappa shape index (κ1) is 16.6. The lowest BCUT2D eigenvalue weighted by Crippen LogP contribution is -2.58. The molecule has 0 radical (unpaired) electrons. The Kier molecular flexibility index (Phi) is 3.69. The first-order chi connectivity index (χ1) is 11.3. The number of carbonyl (C=O) groups excluding carboxylic acids is 1. The Morgan fingerprint density at radius 2 is 1.83 bits per heavy atom. The zero-order valence-electron chi connectivity index (χ0n) is 15.3. The summed E-state index contributed by atoms with van der Waals surface area (Å²) in [6, 6.07) is 0. The van der Waals surface area contributed by atoms with Gasteiger partial charge in [-0.1, -0.05) is 20.8 Å². The van der Waals surface area contributed by atoms with Gasteiger partial charge >= 0.3 is 0 Å². The molecule has 2 N–H and O–H groups in total. The van der Waals surface area contributed by atoms with Crippen LogP contribution in [0.5, 0.6) is 0 Å². The van der Waals surface area contributed by atoms with E-state index in [0.29, 0.717) is 41.6 Å². The van der Waals surface area contributed by atoms with Crippen molar-refractivity contribution >= 4 is 5.78 Å². The topological polar surface area (TPSA) is 57.5 Å². The molecule has 0 spiro atoms. The van der Waals surface area contributed by atoms with E-state index < -0.39 is 0 Å². The van der Waals surface area contributed by atoms with Crippen molar-refractivity contribution in [2.24, 2.45) is 40.4 Å². The van der Waals surface area contributed by atoms with Crippen LogP contribution in [0.1, 0.15) is 65.7 Å². The highest BCUT2D eigenvalue weighted by atomic mass is 16.3. The second-order valence-corrected chi connectivity index (χ2v) is 9.78. The SMILES string of the molecule is C[C@@H]1CC[C@H]2[C@@H]3[C@@H](O)C[C@H]4CC(=O)C(=CO)C[C@]4(C)[C@H]3CC[C@]12C. The molecule has 0 aromatic rings. The number of aliphatic hydroxyl groups excluding tert-OH is 2. The molecule has 3 nitrogen and oxygen atoms in total. The summed E-state index contributed by atoms with van der Waals surface area (Å²) in [6.07, 6.45) is 7.71. The van der Waals surface area contributed by atoms with Crippen LogP contribution in [0.3, 0.4) is 0 Å². The van der Waals surface area contributed by atoms with E-state index in [1.165, 1.54) is 25.7 Å². The molecule has 3 heteroatoms. The van der Waals surface area contributed by atoms with E-state index in [0.717, 1.165) is 18.6 Å². The fourth-order valence-corrected chi connectivity index (χ4v) is 7.36. The highest BCUT2D eigenvalue weighted by molar-refractivity contribution is 5.96. The van der Waals surface area contributed by atoms with Gasteiger partial charge < -0.3 is 10.2 Å². The maximum absolute atomic E-state index is 12.3. The van der Waals surface area contributed by atoms with Crippen LogP contribution in [0, 0.1) is 40.4 Å². The normalized spacial score (nSPS) is 55.8. The molecule has 0 bridgehead atoms. The number of fused-ring (bicyclic) bond motifs is 5. The monoisotopic (exact) mass is 332 g/mol. The van der Waals surface area contributed by atoms with Crippen LogP contribution in [-0.2, 0) is 4.79 Å². The molecule has 0 aliphatic heterocycles. The van der Waals surface area contributed by atoms with E-state index in [1.807, 2.05) is 0 Å². The summed E-state index contributed by atoms with van der Waals surface area (Å²) in [6.45, 7) is 7.18. The van der Waals surface area contributed by atoms with E-state index in [9.17, 15) is 15.0 Å². The van der Waals surface area contributed by atoms with Crippen molar-refractivity contribution < 1.29 is 15.0 Å². The van der Waals surface area contributed by atoms with Gasteiger partial charge in [0, 0.05) is 12.0 Å². The van der Waals surface area contributed by atoms with Crippen LogP contribution in [0.15, 0.2) is 11.8 Å². The number of hydrogen-bond acceptors (Lipinski definition) is 3. The number of carbonyl (C=O) groups is 1. The lowest BCUT2D eigenvalue weighted by atomic mass is 9.44. The Morgan fingerprint density at radius 1 is 1.12 bits per heavy atom. The van der Waals surface area contributed by atoms with Gasteiger partial charge in [0.15, 0.2) is 5.78 Å². The molecule has 0 aromatic heterocycles. The molecule has 4 rings (SSSR count). The number of hydrogen-bond donors (Lipinski definition) is 2. The van der Waals surface area contributed by atoms with Gasteiger partial charge in [-0.05, 0) is 78.9 Å². The summed E-state index contributed by atoms with van der Waals surface area (Å²) < 4.78 is 0. The first-order valence-corrected chi connectivity index (χ1v) is 9.85. The largest absolute Gasteiger partial charge is 0.515 e. The summed E-state index contributed by atoms with van der Waals surface area (Å²) in [5, 5.41) is 20.5. The molecule has 0 unspecified atom stereocenters. The van der Waals surface area contributed by atoms with E-state index in [4.69, 9.17) is 0 Å². The number of allylic oxidation sites excluding steroid dienone is 1. The Balaban J connectivity index is 1.71. The summed E-state index contributed by atoms with van der Waals surface area (Å²) in [4.78, 5) is 12.3. The van der Waals surface area contributed by atoms with Gasteiger partial charge in [-0.2, -0.15) is 0 Å². The third kappa shape index (κ3) is 2.03. The summed E-state index contributed by atoms with van der Waals surface area (Å²) in [7, 11) is 0. The number of rotatable bonds is 0. The fourth-order valence-electron chi connectivity index (χ4n) is 7.36. The van der Waals surface area contributed by atoms with Crippen LogP contribution >= 0.6 is 0 Å². The lowest BCUT2D eigenvalue weighted by molar-refractivity contribution is -0.161. The van der Waals surface area contributed by atoms with Gasteiger partial charge in [-0.15, -0.1) is 0 Å². The zero-order chi connectivity index (χ0) is 17.3. The summed E-state index contributed by atoms with van der Waals surface area (Å²) >= 11 is 0. The molecule has 24 heavy (non-hydrogen) atoms. The highest BCUT2D eigenvalue weighted by Crippen LogP contribution is 2.67. The quantitative estimate of drug-likeness (QED) is 0.515. The van der Waals surface area contributed by atoms with E-state index >= 15 is 0 Å². The molecule has 0 aromatic carbocycles. The Labute approximate surface area is 145 Å². The predicted octanol–water partition coefficient (Wildman–Crippen LogP) is 4.26. The number of Topliss-reactive ketones (excluding diaryl/α,β-unsaturated/α-hetero) is 1. The molecule has 4 saturated carbocycles. The number of ketones is 1. The van der Waals surface area contributed by atoms with Crippen molar-refractivity contribution in [1.29, 1.82) is 0 Å². The molecule has 4 aliphatic carbocycles. The highest BCUT2D eigenvalue weighted by Gasteiger charge is 2.62. The maximum Gasteiger partial charge on any atom is 0.162 e. The molecule has 0 heterocycles. The molecule has 4 fully saturated rings. The minimum atomic E-state index is -0.254. The summed E-state index contributed by atoms with van der Waals surface area (Å²) in [5.41, 5.74) is 1.04. The van der Waals surface area contributed by atoms with E-state index in [-0.39, 0.29) is 23.2 Å². The molecule has 0 saturated heterocycles. The standard InChI is InChI=1S/C21H32O3/c1-12-4-5-15-19-16(6-7-20(12,15)2)21(3)10-13(11-22)17(23)8-14(21)9-18(19)24/h11-12,14-16,18-19,22,24H,4-10H2,1-3H3/t12-,14-,15+,16+,18+,19+,20-,21+/m1/s1. The smallest absolute Gasteiger partial charge is 0.162 e. The average molecular weight is 332 g/mol. The number of aliphatic hydroxyl groups is 2. The minimum absolute atomic E-state index is 0.0551. The van der Waals surface area contributed by atoms with E-state index in [1.54, 1.807) is 0 Å². The second kappa shape index (κ2) is 5.33. The predicted molar refractivity (Wildman–Crippen MR) is 93.4 cm³/mol. The second-order valence-electron chi connectivity index (χ2n) is 9.78. The van der Waals surface area contributed by atoms with Crippen molar-refractivity contribution in [1.82, 2.24) is 0 Å². The average Bonchev–Trinajstić information content (AvgIpc) is 2.84. The maximum atomic E-state index is 12.3. The van der Waals surface area contributed by atoms with Crippen LogP contribution in [0.2, 0.25) is 0 Å². The summed E-state index contributed by atoms with van der Waals surface area (Å²) in [5.74, 6) is 2.59. The third-order valence-electron chi connectivity index (χ3n) is 9.07. The van der Waals surface area contributed by atoms with Gasteiger partial charge in [0.1, 0.15) is 0 Å². The fraction of sp³-hybridized carbons (Fsp3) is 0.857. The Morgan fingerprint density at radius 3 is 2.54 bits per heavy atom. The van der Waals surface area contributed by atoms with Crippen LogP contribution < -0.4 is 0 Å². The van der Waals surface area contributed by atoms with Crippen LogP contribution in [-0.4, -0.2) is 22.1 Å². The lowest BCUT2D eigenvalue weighted by Gasteiger charge is -2.61.